The number of hydrogen-bond acceptors (Lipinski definition) is 5. The maximum atomic E-state index is 14.1. The number of nitrogens with zero attached hydrogens (tertiary/aromatic N) is 2. The number of carbonyl (C=O) groups is 2. The minimum Gasteiger partial charge on any atom is -0.497 e. The Morgan fingerprint density at radius 2 is 1.64 bits per heavy atom. The van der Waals surface area contributed by atoms with Crippen LogP contribution < -0.4 is 14.4 Å². The van der Waals surface area contributed by atoms with Gasteiger partial charge in [-0.25, -0.2) is 8.42 Å². The fourth-order valence-electron chi connectivity index (χ4n) is 4.99. The van der Waals surface area contributed by atoms with Crippen molar-refractivity contribution in [3.63, 3.8) is 0 Å². The van der Waals surface area contributed by atoms with Crippen molar-refractivity contribution < 1.29 is 22.7 Å². The van der Waals surface area contributed by atoms with Crippen LogP contribution in [0.25, 0.3) is 0 Å². The van der Waals surface area contributed by atoms with Crippen LogP contribution in [0.15, 0.2) is 77.7 Å². The smallest absolute Gasteiger partial charge is 0.264 e. The zero-order valence-corrected chi connectivity index (χ0v) is 26.0. The molecule has 0 aliphatic heterocycles. The Balaban J connectivity index is 1.69. The molecule has 3 aromatic rings. The first-order valence-electron chi connectivity index (χ1n) is 13.9. The Kier molecular flexibility index (Phi) is 10.8. The van der Waals surface area contributed by atoms with Crippen molar-refractivity contribution in [2.24, 2.45) is 0 Å². The number of amides is 2. The molecule has 1 saturated carbocycles. The molecule has 2 amide bonds. The van der Waals surface area contributed by atoms with Gasteiger partial charge in [0.25, 0.3) is 10.0 Å². The molecule has 0 bridgehead atoms. The third-order valence-electron chi connectivity index (χ3n) is 7.42. The van der Waals surface area contributed by atoms with Crippen molar-refractivity contribution in [2.45, 2.75) is 62.6 Å². The average Bonchev–Trinajstić information content (AvgIpc) is 3.00. The Hall–Kier alpha value is -3.27. The summed E-state index contributed by atoms with van der Waals surface area (Å²) in [5.41, 5.74) is 0.810. The lowest BCUT2D eigenvalue weighted by Crippen LogP contribution is -2.53. The van der Waals surface area contributed by atoms with Crippen LogP contribution in [0.4, 0.5) is 5.69 Å². The van der Waals surface area contributed by atoms with Gasteiger partial charge in [-0.2, -0.15) is 0 Å². The lowest BCUT2D eigenvalue weighted by molar-refractivity contribution is -0.139. The van der Waals surface area contributed by atoms with Gasteiger partial charge in [-0.15, -0.1) is 0 Å². The van der Waals surface area contributed by atoms with Gasteiger partial charge in [0.2, 0.25) is 11.8 Å². The second-order valence-electron chi connectivity index (χ2n) is 10.3. The van der Waals surface area contributed by atoms with E-state index in [4.69, 9.17) is 27.9 Å². The molecule has 1 N–H and O–H groups in total. The lowest BCUT2D eigenvalue weighted by atomic mass is 9.95. The number of ether oxygens (including phenoxy) is 1. The van der Waals surface area contributed by atoms with Gasteiger partial charge in [-0.1, -0.05) is 72.8 Å². The quantitative estimate of drug-likeness (QED) is 0.277. The third kappa shape index (κ3) is 7.76. The van der Waals surface area contributed by atoms with E-state index in [2.05, 4.69) is 5.32 Å². The van der Waals surface area contributed by atoms with Crippen molar-refractivity contribution in [2.75, 3.05) is 18.0 Å². The van der Waals surface area contributed by atoms with E-state index in [1.165, 1.54) is 35.2 Å². The third-order valence-corrected chi connectivity index (χ3v) is 9.75. The molecule has 3 aromatic carbocycles. The van der Waals surface area contributed by atoms with Crippen molar-refractivity contribution in [3.05, 3.63) is 88.4 Å². The number of methoxy groups -OCH3 is 1. The molecule has 1 atom stereocenters. The molecule has 224 valence electrons. The summed E-state index contributed by atoms with van der Waals surface area (Å²) >= 11 is 12.7. The van der Waals surface area contributed by atoms with Gasteiger partial charge in [0, 0.05) is 17.6 Å². The number of sulfonamides is 1. The van der Waals surface area contributed by atoms with Gasteiger partial charge in [-0.05, 0) is 67.8 Å². The lowest BCUT2D eigenvalue weighted by Gasteiger charge is -2.33. The highest BCUT2D eigenvalue weighted by Gasteiger charge is 2.34. The number of anilines is 1. The van der Waals surface area contributed by atoms with Crippen molar-refractivity contribution in [1.82, 2.24) is 10.2 Å². The zero-order valence-electron chi connectivity index (χ0n) is 23.6. The summed E-state index contributed by atoms with van der Waals surface area (Å²) in [4.78, 5) is 28.9. The second-order valence-corrected chi connectivity index (χ2v) is 13.0. The first-order valence-corrected chi connectivity index (χ1v) is 16.1. The van der Waals surface area contributed by atoms with Crippen LogP contribution in [0, 0.1) is 0 Å². The standard InChI is InChI=1S/C31H35Cl2N3O5S/c1-22(31(38)34-25-9-5-3-6-10-25)35(20-23-13-16-26(41-2)17-14-23)30(37)21-36(29-19-24(32)15-18-28(29)33)42(39,40)27-11-7-4-8-12-27/h4,7-8,11-19,22,25H,3,5-6,9-10,20-21H2,1-2H3,(H,34,38)/t22-/m0/s1. The maximum Gasteiger partial charge on any atom is 0.264 e. The molecule has 0 saturated heterocycles. The topological polar surface area (TPSA) is 96.0 Å². The molecular weight excluding hydrogens is 597 g/mol. The minimum atomic E-state index is -4.25. The molecule has 0 aromatic heterocycles. The highest BCUT2D eigenvalue weighted by Crippen LogP contribution is 2.33. The molecule has 1 fully saturated rings. The number of benzene rings is 3. The van der Waals surface area contributed by atoms with E-state index in [1.807, 2.05) is 0 Å². The summed E-state index contributed by atoms with van der Waals surface area (Å²) in [6.07, 6.45) is 5.01. The van der Waals surface area contributed by atoms with Crippen LogP contribution in [0.5, 0.6) is 5.75 Å². The summed E-state index contributed by atoms with van der Waals surface area (Å²) < 4.78 is 34.0. The number of rotatable bonds is 11. The molecule has 42 heavy (non-hydrogen) atoms. The SMILES string of the molecule is COc1ccc(CN(C(=O)CN(c2cc(Cl)ccc2Cl)S(=O)(=O)c2ccccc2)[C@@H](C)C(=O)NC2CCCCC2)cc1. The molecule has 11 heteroatoms. The van der Waals surface area contributed by atoms with Crippen molar-refractivity contribution in [3.8, 4) is 5.75 Å². The molecule has 0 spiro atoms. The fourth-order valence-corrected chi connectivity index (χ4v) is 6.87. The van der Waals surface area contributed by atoms with Gasteiger partial charge in [0.05, 0.1) is 22.7 Å². The molecule has 0 heterocycles. The molecule has 4 rings (SSSR count). The number of halogens is 2. The van der Waals surface area contributed by atoms with E-state index in [9.17, 15) is 18.0 Å². The van der Waals surface area contributed by atoms with Crippen LogP contribution in [-0.4, -0.2) is 50.9 Å². The van der Waals surface area contributed by atoms with E-state index in [1.54, 1.807) is 56.5 Å². The first-order chi connectivity index (χ1) is 20.1. The van der Waals surface area contributed by atoms with Crippen molar-refractivity contribution in [1.29, 1.82) is 0 Å². The fraction of sp³-hybridized carbons (Fsp3) is 0.355. The normalized spacial score (nSPS) is 14.6. The van der Waals surface area contributed by atoms with Crippen molar-refractivity contribution >= 4 is 50.7 Å². The van der Waals surface area contributed by atoms with Gasteiger partial charge in [-0.3, -0.25) is 13.9 Å². The first kappa shape index (κ1) is 31.7. The average molecular weight is 633 g/mol. The van der Waals surface area contributed by atoms with E-state index in [0.29, 0.717) is 5.75 Å². The Labute approximate surface area is 257 Å². The Bertz CT molecular complexity index is 1480. The highest BCUT2D eigenvalue weighted by atomic mass is 35.5. The Morgan fingerprint density at radius 3 is 2.29 bits per heavy atom. The zero-order chi connectivity index (χ0) is 30.3. The summed E-state index contributed by atoms with van der Waals surface area (Å²) in [6, 6.07) is 18.5. The predicted molar refractivity (Wildman–Crippen MR) is 165 cm³/mol. The van der Waals surface area contributed by atoms with E-state index < -0.39 is 28.5 Å². The molecule has 0 unspecified atom stereocenters. The second kappa shape index (κ2) is 14.3. The molecule has 8 nitrogen and oxygen atoms in total. The van der Waals surface area contributed by atoms with E-state index >= 15 is 0 Å². The number of carbonyl (C=O) groups excluding carboxylic acids is 2. The highest BCUT2D eigenvalue weighted by molar-refractivity contribution is 7.92. The summed E-state index contributed by atoms with van der Waals surface area (Å²) in [6.45, 7) is 1.13. The van der Waals surface area contributed by atoms with Crippen LogP contribution in [0.1, 0.15) is 44.6 Å². The number of hydrogen-bond donors (Lipinski definition) is 1. The monoisotopic (exact) mass is 631 g/mol. The molecule has 1 aliphatic carbocycles. The van der Waals surface area contributed by atoms with Gasteiger partial charge < -0.3 is 15.0 Å². The summed E-state index contributed by atoms with van der Waals surface area (Å²) in [5, 5.41) is 3.46. The largest absolute Gasteiger partial charge is 0.497 e. The van der Waals surface area contributed by atoms with E-state index in [-0.39, 0.29) is 39.1 Å². The van der Waals surface area contributed by atoms with Gasteiger partial charge in [0.1, 0.15) is 18.3 Å². The minimum absolute atomic E-state index is 0.0152. The van der Waals surface area contributed by atoms with Crippen LogP contribution in [0.3, 0.4) is 0 Å². The van der Waals surface area contributed by atoms with Crippen LogP contribution in [0.2, 0.25) is 10.0 Å². The summed E-state index contributed by atoms with van der Waals surface area (Å²) in [7, 11) is -2.69. The summed E-state index contributed by atoms with van der Waals surface area (Å²) in [5.74, 6) is -0.217. The van der Waals surface area contributed by atoms with Crippen LogP contribution >= 0.6 is 23.2 Å². The predicted octanol–water partition coefficient (Wildman–Crippen LogP) is 6.06. The molecule has 0 radical (unpaired) electrons. The van der Waals surface area contributed by atoms with Gasteiger partial charge >= 0.3 is 0 Å². The Morgan fingerprint density at radius 1 is 0.976 bits per heavy atom. The molecule has 1 aliphatic rings. The van der Waals surface area contributed by atoms with Gasteiger partial charge in [0.15, 0.2) is 0 Å². The molecular formula is C31H35Cl2N3O5S. The maximum absolute atomic E-state index is 14.1. The number of nitrogens with one attached hydrogen (secondary N) is 1. The van der Waals surface area contributed by atoms with Crippen LogP contribution in [-0.2, 0) is 26.2 Å². The van der Waals surface area contributed by atoms with E-state index in [0.717, 1.165) is 42.0 Å².